The van der Waals surface area contributed by atoms with E-state index >= 15 is 0 Å². The number of thiophene rings is 1. The molecule has 5 nitrogen and oxygen atoms in total. The SMILES string of the molecule is Cc1sc2nc(/C(C#N)=C/c3ccc(-c4ccc(Cl)c(Cl)c4)o3)[nH]c(=O)c2c1C. The largest absolute Gasteiger partial charge is 0.457 e. The molecule has 3 aromatic heterocycles. The fourth-order valence-electron chi connectivity index (χ4n) is 2.91. The van der Waals surface area contributed by atoms with Crippen molar-refractivity contribution >= 4 is 56.4 Å². The number of halogens is 2. The first-order chi connectivity index (χ1) is 13.9. The Morgan fingerprint density at radius 1 is 1.24 bits per heavy atom. The van der Waals surface area contributed by atoms with E-state index in [0.29, 0.717) is 31.8 Å². The van der Waals surface area contributed by atoms with Crippen LogP contribution in [-0.4, -0.2) is 9.97 Å². The lowest BCUT2D eigenvalue weighted by atomic mass is 10.2. The maximum atomic E-state index is 12.5. The third-order valence-corrected chi connectivity index (χ3v) is 6.37. The molecule has 0 unspecified atom stereocenters. The Morgan fingerprint density at radius 3 is 2.76 bits per heavy atom. The first-order valence-electron chi connectivity index (χ1n) is 8.55. The molecular formula is C21H13Cl2N3O2S. The van der Waals surface area contributed by atoms with Gasteiger partial charge in [0.2, 0.25) is 0 Å². The van der Waals surface area contributed by atoms with Crippen molar-refractivity contribution in [3.05, 3.63) is 72.8 Å². The lowest BCUT2D eigenvalue weighted by molar-refractivity contribution is 0.572. The van der Waals surface area contributed by atoms with E-state index in [1.54, 1.807) is 36.4 Å². The van der Waals surface area contributed by atoms with Gasteiger partial charge < -0.3 is 9.40 Å². The first kappa shape index (κ1) is 19.5. The number of benzene rings is 1. The van der Waals surface area contributed by atoms with E-state index < -0.39 is 0 Å². The summed E-state index contributed by atoms with van der Waals surface area (Å²) in [6, 6.07) is 10.8. The van der Waals surface area contributed by atoms with Crippen molar-refractivity contribution in [2.75, 3.05) is 0 Å². The van der Waals surface area contributed by atoms with Gasteiger partial charge in [-0.05, 0) is 49.7 Å². The van der Waals surface area contributed by atoms with Gasteiger partial charge >= 0.3 is 0 Å². The lowest BCUT2D eigenvalue weighted by Crippen LogP contribution is -2.10. The molecule has 0 aliphatic carbocycles. The van der Waals surface area contributed by atoms with Crippen molar-refractivity contribution in [1.82, 2.24) is 9.97 Å². The molecule has 1 N–H and O–H groups in total. The van der Waals surface area contributed by atoms with Crippen molar-refractivity contribution in [2.45, 2.75) is 13.8 Å². The number of furan rings is 1. The highest BCUT2D eigenvalue weighted by molar-refractivity contribution is 7.18. The molecule has 29 heavy (non-hydrogen) atoms. The lowest BCUT2D eigenvalue weighted by Gasteiger charge is -2.00. The van der Waals surface area contributed by atoms with E-state index in [1.807, 2.05) is 13.8 Å². The predicted molar refractivity (Wildman–Crippen MR) is 117 cm³/mol. The molecule has 144 valence electrons. The maximum absolute atomic E-state index is 12.5. The van der Waals surface area contributed by atoms with E-state index in [4.69, 9.17) is 27.6 Å². The molecule has 4 aromatic rings. The second kappa shape index (κ2) is 7.53. The van der Waals surface area contributed by atoms with Gasteiger partial charge in [-0.3, -0.25) is 4.79 Å². The molecule has 0 atom stereocenters. The van der Waals surface area contributed by atoms with Gasteiger partial charge in [0.15, 0.2) is 5.82 Å². The monoisotopic (exact) mass is 441 g/mol. The number of aromatic nitrogens is 2. The van der Waals surface area contributed by atoms with Crippen LogP contribution in [0.4, 0.5) is 0 Å². The topological polar surface area (TPSA) is 82.7 Å². The number of H-pyrrole nitrogens is 1. The van der Waals surface area contributed by atoms with Gasteiger partial charge in [0.1, 0.15) is 22.4 Å². The van der Waals surface area contributed by atoms with E-state index in [1.165, 1.54) is 11.3 Å². The zero-order chi connectivity index (χ0) is 20.7. The van der Waals surface area contributed by atoms with Gasteiger partial charge in [-0.2, -0.15) is 5.26 Å². The second-order valence-electron chi connectivity index (χ2n) is 6.38. The molecule has 8 heteroatoms. The van der Waals surface area contributed by atoms with Crippen molar-refractivity contribution in [1.29, 1.82) is 5.26 Å². The number of nitriles is 1. The molecule has 0 radical (unpaired) electrons. The summed E-state index contributed by atoms with van der Waals surface area (Å²) in [5.41, 5.74) is 1.60. The van der Waals surface area contributed by atoms with Crippen LogP contribution in [0.25, 0.3) is 33.2 Å². The molecular weight excluding hydrogens is 429 g/mol. The van der Waals surface area contributed by atoms with Gasteiger partial charge in [0.25, 0.3) is 5.56 Å². The number of aromatic amines is 1. The average Bonchev–Trinajstić information content (AvgIpc) is 3.26. The summed E-state index contributed by atoms with van der Waals surface area (Å²) in [4.78, 5) is 21.3. The summed E-state index contributed by atoms with van der Waals surface area (Å²) in [5.74, 6) is 1.23. The van der Waals surface area contributed by atoms with Gasteiger partial charge in [-0.15, -0.1) is 11.3 Å². The summed E-state index contributed by atoms with van der Waals surface area (Å²) < 4.78 is 5.81. The minimum atomic E-state index is -0.260. The van der Waals surface area contributed by atoms with Crippen LogP contribution >= 0.6 is 34.5 Å². The van der Waals surface area contributed by atoms with Crippen molar-refractivity contribution in [3.63, 3.8) is 0 Å². The average molecular weight is 442 g/mol. The van der Waals surface area contributed by atoms with E-state index in [0.717, 1.165) is 16.0 Å². The van der Waals surface area contributed by atoms with Crippen LogP contribution in [0.15, 0.2) is 39.5 Å². The molecule has 0 aliphatic heterocycles. The standard InChI is InChI=1S/C21H13Cl2N3O2S/c1-10-11(2)29-21-18(10)20(27)25-19(26-21)13(9-24)7-14-4-6-17(28-14)12-3-5-15(22)16(23)8-12/h3-8H,1-2H3,(H,25,26,27)/b13-7+. The zero-order valence-corrected chi connectivity index (χ0v) is 17.7. The van der Waals surface area contributed by atoms with Crippen molar-refractivity contribution in [3.8, 4) is 17.4 Å². The highest BCUT2D eigenvalue weighted by Crippen LogP contribution is 2.31. The normalized spacial score (nSPS) is 11.8. The summed E-state index contributed by atoms with van der Waals surface area (Å²) in [5, 5.41) is 11.0. The third kappa shape index (κ3) is 3.60. The van der Waals surface area contributed by atoms with E-state index in [2.05, 4.69) is 16.0 Å². The predicted octanol–water partition coefficient (Wildman–Crippen LogP) is 6.23. The van der Waals surface area contributed by atoms with Crippen LogP contribution in [0.1, 0.15) is 22.0 Å². The first-order valence-corrected chi connectivity index (χ1v) is 10.1. The number of aryl methyl sites for hydroxylation is 2. The fraction of sp³-hybridized carbons (Fsp3) is 0.0952. The van der Waals surface area contributed by atoms with Crippen LogP contribution in [0.3, 0.4) is 0 Å². The molecule has 0 bridgehead atoms. The maximum Gasteiger partial charge on any atom is 0.260 e. The van der Waals surface area contributed by atoms with Gasteiger partial charge in [-0.1, -0.05) is 23.2 Å². The smallest absolute Gasteiger partial charge is 0.260 e. The number of allylic oxidation sites excluding steroid dienone is 1. The Kier molecular flexibility index (Phi) is 5.05. The number of nitrogens with zero attached hydrogens (tertiary/aromatic N) is 2. The van der Waals surface area contributed by atoms with Crippen molar-refractivity contribution in [2.24, 2.45) is 0 Å². The highest BCUT2D eigenvalue weighted by atomic mass is 35.5. The summed E-state index contributed by atoms with van der Waals surface area (Å²) in [6.45, 7) is 3.83. The Labute approximate surface area is 179 Å². The molecule has 3 heterocycles. The third-order valence-electron chi connectivity index (χ3n) is 4.53. The summed E-state index contributed by atoms with van der Waals surface area (Å²) in [6.07, 6.45) is 1.54. The van der Waals surface area contributed by atoms with Gasteiger partial charge in [0, 0.05) is 16.5 Å². The number of rotatable bonds is 3. The highest BCUT2D eigenvalue weighted by Gasteiger charge is 2.15. The number of hydrogen-bond donors (Lipinski definition) is 1. The molecule has 4 rings (SSSR count). The Balaban J connectivity index is 1.75. The van der Waals surface area contributed by atoms with E-state index in [-0.39, 0.29) is 17.0 Å². The quantitative estimate of drug-likeness (QED) is 0.381. The molecule has 0 amide bonds. The summed E-state index contributed by atoms with van der Waals surface area (Å²) in [7, 11) is 0. The number of fused-ring (bicyclic) bond motifs is 1. The van der Waals surface area contributed by atoms with Crippen molar-refractivity contribution < 1.29 is 4.42 Å². The Bertz CT molecular complexity index is 1390. The molecule has 0 aliphatic rings. The number of nitrogens with one attached hydrogen (secondary N) is 1. The zero-order valence-electron chi connectivity index (χ0n) is 15.3. The minimum absolute atomic E-state index is 0.197. The van der Waals surface area contributed by atoms with Gasteiger partial charge in [0.05, 0.1) is 21.0 Å². The molecule has 0 spiro atoms. The minimum Gasteiger partial charge on any atom is -0.457 e. The van der Waals surface area contributed by atoms with Crippen LogP contribution in [0.5, 0.6) is 0 Å². The van der Waals surface area contributed by atoms with Crippen LogP contribution in [0, 0.1) is 25.2 Å². The molecule has 1 aromatic carbocycles. The summed E-state index contributed by atoms with van der Waals surface area (Å²) >= 11 is 13.4. The Morgan fingerprint density at radius 2 is 2.03 bits per heavy atom. The fourth-order valence-corrected chi connectivity index (χ4v) is 4.24. The molecule has 0 saturated carbocycles. The van der Waals surface area contributed by atoms with Gasteiger partial charge in [-0.25, -0.2) is 4.98 Å². The Hall–Kier alpha value is -2.85. The molecule has 0 saturated heterocycles. The number of hydrogen-bond acceptors (Lipinski definition) is 5. The van der Waals surface area contributed by atoms with Crippen LogP contribution < -0.4 is 5.56 Å². The van der Waals surface area contributed by atoms with Crippen LogP contribution in [-0.2, 0) is 0 Å². The molecule has 0 fully saturated rings. The van der Waals surface area contributed by atoms with E-state index in [9.17, 15) is 10.1 Å². The second-order valence-corrected chi connectivity index (χ2v) is 8.40. The van der Waals surface area contributed by atoms with Crippen LogP contribution in [0.2, 0.25) is 10.0 Å².